The largest absolute Gasteiger partial charge is 0.494 e. The Morgan fingerprint density at radius 3 is 2.45 bits per heavy atom. The van der Waals surface area contributed by atoms with Gasteiger partial charge in [-0.1, -0.05) is 48.0 Å². The van der Waals surface area contributed by atoms with E-state index in [4.69, 9.17) is 14.8 Å². The van der Waals surface area contributed by atoms with Gasteiger partial charge in [-0.15, -0.1) is 0 Å². The maximum atomic E-state index is 5.76. The average Bonchev–Trinajstić information content (AvgIpc) is 3.15. The Kier molecular flexibility index (Phi) is 4.24. The van der Waals surface area contributed by atoms with Gasteiger partial charge in [0.2, 0.25) is 0 Å². The summed E-state index contributed by atoms with van der Waals surface area (Å²) in [6, 6.07) is 24.7. The highest BCUT2D eigenvalue weighted by Gasteiger charge is 2.17. The summed E-state index contributed by atoms with van der Waals surface area (Å²) in [4.78, 5) is 4.71. The van der Waals surface area contributed by atoms with Crippen LogP contribution in [-0.2, 0) is 0 Å². The summed E-state index contributed by atoms with van der Waals surface area (Å²) < 4.78 is 7.77. The second kappa shape index (κ2) is 7.06. The van der Waals surface area contributed by atoms with Crippen molar-refractivity contribution in [1.82, 2.24) is 14.8 Å². The first-order valence-electron chi connectivity index (χ1n) is 9.81. The summed E-state index contributed by atoms with van der Waals surface area (Å²) >= 11 is 0. The molecule has 0 aliphatic carbocycles. The molecule has 0 saturated carbocycles. The van der Waals surface area contributed by atoms with Crippen molar-refractivity contribution in [2.24, 2.45) is 0 Å². The number of ether oxygens (including phenoxy) is 1. The summed E-state index contributed by atoms with van der Waals surface area (Å²) in [6.07, 6.45) is 1.93. The van der Waals surface area contributed by atoms with Crippen molar-refractivity contribution in [3.8, 4) is 22.7 Å². The zero-order valence-electron chi connectivity index (χ0n) is 16.5. The third kappa shape index (κ3) is 3.03. The molecule has 29 heavy (non-hydrogen) atoms. The predicted molar refractivity (Wildman–Crippen MR) is 118 cm³/mol. The predicted octanol–water partition coefficient (Wildman–Crippen LogP) is 5.95. The van der Waals surface area contributed by atoms with E-state index in [0.717, 1.165) is 44.5 Å². The lowest BCUT2D eigenvalue weighted by molar-refractivity contribution is 0.341. The van der Waals surface area contributed by atoms with Gasteiger partial charge >= 0.3 is 0 Å². The summed E-state index contributed by atoms with van der Waals surface area (Å²) in [5, 5.41) is 7.08. The van der Waals surface area contributed by atoms with Crippen LogP contribution in [0.25, 0.3) is 38.8 Å². The Bertz CT molecular complexity index is 1310. The minimum absolute atomic E-state index is 0.626. The van der Waals surface area contributed by atoms with Gasteiger partial charge in [0.1, 0.15) is 11.4 Å². The van der Waals surface area contributed by atoms with Crippen molar-refractivity contribution >= 4 is 21.8 Å². The van der Waals surface area contributed by atoms with Gasteiger partial charge in [-0.25, -0.2) is 4.68 Å². The molecule has 142 valence electrons. The van der Waals surface area contributed by atoms with Gasteiger partial charge < -0.3 is 4.74 Å². The van der Waals surface area contributed by atoms with Crippen LogP contribution in [0.3, 0.4) is 0 Å². The first kappa shape index (κ1) is 17.4. The second-order valence-electron chi connectivity index (χ2n) is 7.09. The molecule has 0 fully saturated rings. The third-order valence-electron chi connectivity index (χ3n) is 5.11. The van der Waals surface area contributed by atoms with Crippen LogP contribution in [0.2, 0.25) is 0 Å². The Hall–Kier alpha value is -3.66. The molecule has 4 nitrogen and oxygen atoms in total. The molecule has 0 bridgehead atoms. The Morgan fingerprint density at radius 2 is 1.69 bits per heavy atom. The number of benzene rings is 3. The summed E-state index contributed by atoms with van der Waals surface area (Å²) in [7, 11) is 0. The molecule has 0 aliphatic rings. The van der Waals surface area contributed by atoms with Gasteiger partial charge in [0.25, 0.3) is 0 Å². The summed E-state index contributed by atoms with van der Waals surface area (Å²) in [6.45, 7) is 4.71. The van der Waals surface area contributed by atoms with Crippen LogP contribution in [0.4, 0.5) is 0 Å². The van der Waals surface area contributed by atoms with E-state index < -0.39 is 0 Å². The van der Waals surface area contributed by atoms with Crippen molar-refractivity contribution in [3.63, 3.8) is 0 Å². The molecule has 3 aromatic carbocycles. The van der Waals surface area contributed by atoms with Crippen LogP contribution in [0.15, 0.2) is 79.0 Å². The van der Waals surface area contributed by atoms with Gasteiger partial charge in [-0.2, -0.15) is 5.10 Å². The fourth-order valence-electron chi connectivity index (χ4n) is 3.70. The Labute approximate surface area is 169 Å². The SMILES string of the molecule is CCOc1ccc2ncc3c(-c4ccc(C)cc4)nn(-c4ccccc4)c3c2c1. The molecular weight excluding hydrogens is 358 g/mol. The molecule has 5 aromatic rings. The number of aromatic nitrogens is 3. The zero-order valence-corrected chi connectivity index (χ0v) is 16.5. The van der Waals surface area contributed by atoms with Crippen LogP contribution in [0.1, 0.15) is 12.5 Å². The molecule has 0 amide bonds. The van der Waals surface area contributed by atoms with E-state index in [1.165, 1.54) is 5.56 Å². The maximum absolute atomic E-state index is 5.76. The third-order valence-corrected chi connectivity index (χ3v) is 5.11. The first-order valence-corrected chi connectivity index (χ1v) is 9.81. The van der Waals surface area contributed by atoms with Crippen LogP contribution in [0.5, 0.6) is 5.75 Å². The summed E-state index contributed by atoms with van der Waals surface area (Å²) in [5.41, 5.74) is 6.22. The van der Waals surface area contributed by atoms with Crippen molar-refractivity contribution < 1.29 is 4.74 Å². The molecule has 0 N–H and O–H groups in total. The molecule has 0 atom stereocenters. The van der Waals surface area contributed by atoms with Crippen LogP contribution in [-0.4, -0.2) is 21.4 Å². The topological polar surface area (TPSA) is 39.9 Å². The van der Waals surface area contributed by atoms with Gasteiger partial charge in [-0.05, 0) is 44.2 Å². The Morgan fingerprint density at radius 1 is 0.897 bits per heavy atom. The van der Waals surface area contributed by atoms with Crippen molar-refractivity contribution in [1.29, 1.82) is 0 Å². The fraction of sp³-hybridized carbons (Fsp3) is 0.120. The molecular formula is C25H21N3O. The highest BCUT2D eigenvalue weighted by Crippen LogP contribution is 2.35. The van der Waals surface area contributed by atoms with Gasteiger partial charge in [0.05, 0.1) is 23.3 Å². The Balaban J connectivity index is 1.87. The normalized spacial score (nSPS) is 11.2. The lowest BCUT2D eigenvalue weighted by Crippen LogP contribution is -1.97. The molecule has 0 radical (unpaired) electrons. The number of nitrogens with zero attached hydrogens (tertiary/aromatic N) is 3. The van der Waals surface area contributed by atoms with E-state index in [1.54, 1.807) is 0 Å². The van der Waals surface area contributed by atoms with Gasteiger partial charge in [0, 0.05) is 22.5 Å². The average molecular weight is 379 g/mol. The van der Waals surface area contributed by atoms with Crippen molar-refractivity contribution in [2.75, 3.05) is 6.61 Å². The quantitative estimate of drug-likeness (QED) is 0.387. The minimum Gasteiger partial charge on any atom is -0.494 e. The molecule has 4 heteroatoms. The van der Waals surface area contributed by atoms with E-state index >= 15 is 0 Å². The number of hydrogen-bond donors (Lipinski definition) is 0. The number of hydrogen-bond acceptors (Lipinski definition) is 3. The number of pyridine rings is 1. The van der Waals surface area contributed by atoms with Crippen LogP contribution < -0.4 is 4.74 Å². The molecule has 2 aromatic heterocycles. The van der Waals surface area contributed by atoms with E-state index in [1.807, 2.05) is 48.1 Å². The number of aryl methyl sites for hydroxylation is 1. The number of para-hydroxylation sites is 1. The van der Waals surface area contributed by atoms with E-state index in [2.05, 4.69) is 49.4 Å². The highest BCUT2D eigenvalue weighted by molar-refractivity contribution is 6.09. The summed E-state index contributed by atoms with van der Waals surface area (Å²) in [5.74, 6) is 0.840. The molecule has 2 heterocycles. The van der Waals surface area contributed by atoms with Crippen molar-refractivity contribution in [2.45, 2.75) is 13.8 Å². The number of rotatable bonds is 4. The van der Waals surface area contributed by atoms with Crippen LogP contribution in [0, 0.1) is 6.92 Å². The van der Waals surface area contributed by atoms with E-state index in [0.29, 0.717) is 6.61 Å². The standard InChI is InChI=1S/C25H21N3O/c1-3-29-20-13-14-23-21(15-20)25-22(16-26-23)24(18-11-9-17(2)10-12-18)27-28(25)19-7-5-4-6-8-19/h4-16H,3H2,1-2H3. The zero-order chi connectivity index (χ0) is 19.8. The fourth-order valence-corrected chi connectivity index (χ4v) is 3.70. The van der Waals surface area contributed by atoms with Gasteiger partial charge in [-0.3, -0.25) is 4.98 Å². The monoisotopic (exact) mass is 379 g/mol. The van der Waals surface area contributed by atoms with Gasteiger partial charge in [0.15, 0.2) is 0 Å². The molecule has 5 rings (SSSR count). The van der Waals surface area contributed by atoms with Crippen molar-refractivity contribution in [3.05, 3.63) is 84.6 Å². The second-order valence-corrected chi connectivity index (χ2v) is 7.09. The minimum atomic E-state index is 0.626. The van der Waals surface area contributed by atoms with Crippen LogP contribution >= 0.6 is 0 Å². The molecule has 0 aliphatic heterocycles. The molecule has 0 saturated heterocycles. The van der Waals surface area contributed by atoms with E-state index in [9.17, 15) is 0 Å². The lowest BCUT2D eigenvalue weighted by atomic mass is 10.1. The lowest BCUT2D eigenvalue weighted by Gasteiger charge is -2.08. The smallest absolute Gasteiger partial charge is 0.120 e. The highest BCUT2D eigenvalue weighted by atomic mass is 16.5. The first-order chi connectivity index (χ1) is 14.2. The molecule has 0 spiro atoms. The molecule has 0 unspecified atom stereocenters. The number of fused-ring (bicyclic) bond motifs is 3. The van der Waals surface area contributed by atoms with E-state index in [-0.39, 0.29) is 0 Å². The maximum Gasteiger partial charge on any atom is 0.120 e.